The van der Waals surface area contributed by atoms with E-state index < -0.39 is 24.8 Å². The van der Waals surface area contributed by atoms with Crippen LogP contribution in [0.15, 0.2) is 12.2 Å². The Balaban J connectivity index is 4.70. The molecular weight excluding hydrogens is 238 g/mol. The molecule has 0 aliphatic rings. The molecule has 17 heavy (non-hydrogen) atoms. The van der Waals surface area contributed by atoms with Crippen LogP contribution in [-0.4, -0.2) is 36.2 Å². The Morgan fingerprint density at radius 2 is 1.94 bits per heavy atom. The van der Waals surface area contributed by atoms with Gasteiger partial charge in [-0.25, -0.2) is 8.78 Å². The van der Waals surface area contributed by atoms with Crippen LogP contribution in [0.4, 0.5) is 17.6 Å². The summed E-state index contributed by atoms with van der Waals surface area (Å²) in [6, 6.07) is 0. The Morgan fingerprint density at radius 3 is 2.29 bits per heavy atom. The summed E-state index contributed by atoms with van der Waals surface area (Å²) in [5.74, 6) is -4.89. The van der Waals surface area contributed by atoms with Crippen molar-refractivity contribution in [3.63, 3.8) is 0 Å². The van der Waals surface area contributed by atoms with Gasteiger partial charge in [0.25, 0.3) is 0 Å². The van der Waals surface area contributed by atoms with E-state index in [2.05, 4.69) is 6.58 Å². The lowest BCUT2D eigenvalue weighted by molar-refractivity contribution is -0.154. The number of rotatable bonds is 7. The molecule has 0 fully saturated rings. The smallest absolute Gasteiger partial charge is 0.324 e. The van der Waals surface area contributed by atoms with Gasteiger partial charge in [0.15, 0.2) is 0 Å². The number of alkyl halides is 4. The number of hydrogen-bond donors (Lipinski definition) is 0. The van der Waals surface area contributed by atoms with Crippen molar-refractivity contribution in [3.8, 4) is 0 Å². The van der Waals surface area contributed by atoms with E-state index >= 15 is 0 Å². The highest BCUT2D eigenvalue weighted by Gasteiger charge is 2.43. The molecule has 0 aliphatic heterocycles. The molecule has 0 saturated carbocycles. The number of amides is 1. The van der Waals surface area contributed by atoms with Crippen molar-refractivity contribution in [1.82, 2.24) is 4.90 Å². The maximum absolute atomic E-state index is 12.9. The minimum absolute atomic E-state index is 0.0322. The summed E-state index contributed by atoms with van der Waals surface area (Å²) in [4.78, 5) is 12.2. The molecule has 0 bridgehead atoms. The molecule has 0 aromatic rings. The molecule has 0 aromatic heterocycles. The summed E-state index contributed by atoms with van der Waals surface area (Å²) in [5, 5.41) is 0. The zero-order valence-corrected chi connectivity index (χ0v) is 9.98. The SMILES string of the molecule is C=C(C)C(=O)N(CCCC)CC(F)(F)C(F)F. The number of carbonyl (C=O) groups excluding carboxylic acids is 1. The van der Waals surface area contributed by atoms with Crippen LogP contribution in [0.5, 0.6) is 0 Å². The first-order chi connectivity index (χ1) is 7.72. The van der Waals surface area contributed by atoms with Crippen molar-refractivity contribution in [2.45, 2.75) is 39.0 Å². The number of nitrogens with zero attached hydrogens (tertiary/aromatic N) is 1. The van der Waals surface area contributed by atoms with Gasteiger partial charge in [0.05, 0.1) is 6.54 Å². The third-order valence-corrected chi connectivity index (χ3v) is 2.15. The molecule has 0 rings (SSSR count). The van der Waals surface area contributed by atoms with Crippen LogP contribution < -0.4 is 0 Å². The fraction of sp³-hybridized carbons (Fsp3) is 0.727. The first-order valence-corrected chi connectivity index (χ1v) is 5.33. The quantitative estimate of drug-likeness (QED) is 0.505. The normalized spacial score (nSPS) is 11.7. The van der Waals surface area contributed by atoms with Crippen LogP contribution in [0.25, 0.3) is 0 Å². The van der Waals surface area contributed by atoms with Crippen molar-refractivity contribution in [2.75, 3.05) is 13.1 Å². The lowest BCUT2D eigenvalue weighted by atomic mass is 10.2. The maximum atomic E-state index is 12.9. The van der Waals surface area contributed by atoms with E-state index in [0.717, 1.165) is 4.90 Å². The number of carbonyl (C=O) groups is 1. The van der Waals surface area contributed by atoms with Crippen molar-refractivity contribution in [3.05, 3.63) is 12.2 Å². The van der Waals surface area contributed by atoms with E-state index in [4.69, 9.17) is 0 Å². The summed E-state index contributed by atoms with van der Waals surface area (Å²) in [6.45, 7) is 5.28. The van der Waals surface area contributed by atoms with E-state index in [9.17, 15) is 22.4 Å². The molecular formula is C11H17F4NO. The average Bonchev–Trinajstić information content (AvgIpc) is 2.22. The third-order valence-electron chi connectivity index (χ3n) is 2.15. The van der Waals surface area contributed by atoms with E-state index in [1.54, 1.807) is 0 Å². The predicted octanol–water partition coefficient (Wildman–Crippen LogP) is 3.09. The molecule has 1 amide bonds. The van der Waals surface area contributed by atoms with Gasteiger partial charge in [-0.05, 0) is 13.3 Å². The number of hydrogen-bond acceptors (Lipinski definition) is 1. The Kier molecular flexibility index (Phi) is 6.20. The molecule has 0 heterocycles. The second-order valence-electron chi connectivity index (χ2n) is 3.92. The molecule has 0 aromatic carbocycles. The largest absolute Gasteiger partial charge is 0.333 e. The van der Waals surface area contributed by atoms with Gasteiger partial charge in [-0.3, -0.25) is 4.79 Å². The monoisotopic (exact) mass is 255 g/mol. The minimum Gasteiger partial charge on any atom is -0.333 e. The molecule has 2 nitrogen and oxygen atoms in total. The predicted molar refractivity (Wildman–Crippen MR) is 57.3 cm³/mol. The zero-order valence-electron chi connectivity index (χ0n) is 9.98. The van der Waals surface area contributed by atoms with Gasteiger partial charge in [-0.2, -0.15) is 8.78 Å². The highest BCUT2D eigenvalue weighted by molar-refractivity contribution is 5.92. The van der Waals surface area contributed by atoms with E-state index in [1.165, 1.54) is 6.92 Å². The fourth-order valence-electron chi connectivity index (χ4n) is 1.19. The second kappa shape index (κ2) is 6.61. The molecule has 100 valence electrons. The fourth-order valence-corrected chi connectivity index (χ4v) is 1.19. The molecule has 0 atom stereocenters. The molecule has 0 N–H and O–H groups in total. The van der Waals surface area contributed by atoms with E-state index in [1.807, 2.05) is 6.92 Å². The molecule has 0 saturated heterocycles. The van der Waals surface area contributed by atoms with Crippen LogP contribution in [-0.2, 0) is 4.79 Å². The van der Waals surface area contributed by atoms with Crippen LogP contribution in [0, 0.1) is 0 Å². The van der Waals surface area contributed by atoms with E-state index in [0.29, 0.717) is 12.8 Å². The Hall–Kier alpha value is -1.07. The van der Waals surface area contributed by atoms with Crippen LogP contribution in [0.3, 0.4) is 0 Å². The average molecular weight is 255 g/mol. The molecule has 0 spiro atoms. The van der Waals surface area contributed by atoms with Gasteiger partial charge in [0.2, 0.25) is 5.91 Å². The first-order valence-electron chi connectivity index (χ1n) is 5.33. The summed E-state index contributed by atoms with van der Waals surface area (Å²) in [7, 11) is 0. The summed E-state index contributed by atoms with van der Waals surface area (Å²) < 4.78 is 49.8. The highest BCUT2D eigenvalue weighted by Crippen LogP contribution is 2.24. The van der Waals surface area contributed by atoms with Gasteiger partial charge in [-0.1, -0.05) is 19.9 Å². The lowest BCUT2D eigenvalue weighted by Crippen LogP contribution is -2.45. The Labute approximate surface area is 98.3 Å². The molecule has 0 unspecified atom stereocenters. The van der Waals surface area contributed by atoms with Gasteiger partial charge in [0, 0.05) is 12.1 Å². The van der Waals surface area contributed by atoms with Gasteiger partial charge in [0.1, 0.15) is 0 Å². The van der Waals surface area contributed by atoms with Crippen molar-refractivity contribution < 1.29 is 22.4 Å². The third kappa shape index (κ3) is 5.19. The van der Waals surface area contributed by atoms with Crippen molar-refractivity contribution in [2.24, 2.45) is 0 Å². The van der Waals surface area contributed by atoms with E-state index in [-0.39, 0.29) is 12.1 Å². The van der Waals surface area contributed by atoms with Gasteiger partial charge >= 0.3 is 12.3 Å². The second-order valence-corrected chi connectivity index (χ2v) is 3.92. The topological polar surface area (TPSA) is 20.3 Å². The number of halogens is 4. The number of unbranched alkanes of at least 4 members (excludes halogenated alkanes) is 1. The Bertz CT molecular complexity index is 279. The van der Waals surface area contributed by atoms with Gasteiger partial charge in [-0.15, -0.1) is 0 Å². The first kappa shape index (κ1) is 15.9. The standard InChI is InChI=1S/C11H17F4NO/c1-4-5-6-16(9(17)8(2)3)7-11(14,15)10(12)13/h10H,2,4-7H2,1,3H3. The van der Waals surface area contributed by atoms with Crippen molar-refractivity contribution in [1.29, 1.82) is 0 Å². The van der Waals surface area contributed by atoms with Crippen LogP contribution in [0.1, 0.15) is 26.7 Å². The minimum atomic E-state index is -4.18. The highest BCUT2D eigenvalue weighted by atomic mass is 19.3. The maximum Gasteiger partial charge on any atom is 0.324 e. The molecule has 0 aliphatic carbocycles. The summed E-state index contributed by atoms with van der Waals surface area (Å²) in [5.41, 5.74) is 0.0613. The van der Waals surface area contributed by atoms with Gasteiger partial charge < -0.3 is 4.90 Å². The van der Waals surface area contributed by atoms with Crippen molar-refractivity contribution >= 4 is 5.91 Å². The summed E-state index contributed by atoms with van der Waals surface area (Å²) >= 11 is 0. The Morgan fingerprint density at radius 1 is 1.41 bits per heavy atom. The van der Waals surface area contributed by atoms with Crippen LogP contribution >= 0.6 is 0 Å². The molecule has 0 radical (unpaired) electrons. The van der Waals surface area contributed by atoms with Crippen LogP contribution in [0.2, 0.25) is 0 Å². The summed E-state index contributed by atoms with van der Waals surface area (Å²) in [6.07, 6.45) is -2.61. The zero-order chi connectivity index (χ0) is 13.6. The molecule has 6 heteroatoms. The lowest BCUT2D eigenvalue weighted by Gasteiger charge is -2.27.